The maximum Gasteiger partial charge on any atom is 0.0270 e. The summed E-state index contributed by atoms with van der Waals surface area (Å²) in [5, 5.41) is 6.91. The zero-order valence-corrected chi connectivity index (χ0v) is 13.0. The summed E-state index contributed by atoms with van der Waals surface area (Å²) in [5.74, 6) is 1.38. The van der Waals surface area contributed by atoms with Crippen LogP contribution in [0.5, 0.6) is 0 Å². The first kappa shape index (κ1) is 16.1. The van der Waals surface area contributed by atoms with Crippen LogP contribution in [0.4, 0.5) is 0 Å². The SMILES string of the molecule is CNCC(CNCC(C)(C)c1ccncc1)C(C)C. The molecule has 0 amide bonds. The molecule has 0 spiro atoms. The zero-order valence-electron chi connectivity index (χ0n) is 13.0. The number of hydrogen-bond donors (Lipinski definition) is 2. The second-order valence-electron chi connectivity index (χ2n) is 6.31. The third-order valence-electron chi connectivity index (χ3n) is 3.84. The quantitative estimate of drug-likeness (QED) is 0.756. The molecular formula is C16H29N3. The molecule has 1 aromatic heterocycles. The molecular weight excluding hydrogens is 234 g/mol. The Bertz CT molecular complexity index is 346. The number of pyridine rings is 1. The Morgan fingerprint density at radius 1 is 1.16 bits per heavy atom. The van der Waals surface area contributed by atoms with Gasteiger partial charge in [0.25, 0.3) is 0 Å². The summed E-state index contributed by atoms with van der Waals surface area (Å²) in [6.45, 7) is 12.3. The molecule has 1 rings (SSSR count). The number of nitrogens with one attached hydrogen (secondary N) is 2. The Labute approximate surface area is 118 Å². The smallest absolute Gasteiger partial charge is 0.0270 e. The molecule has 2 N–H and O–H groups in total. The molecule has 1 unspecified atom stereocenters. The van der Waals surface area contributed by atoms with E-state index in [1.807, 2.05) is 19.4 Å². The molecule has 0 aromatic carbocycles. The minimum atomic E-state index is 0.143. The van der Waals surface area contributed by atoms with E-state index in [1.54, 1.807) is 0 Å². The van der Waals surface area contributed by atoms with Crippen molar-refractivity contribution in [3.05, 3.63) is 30.1 Å². The summed E-state index contributed by atoms with van der Waals surface area (Å²) in [4.78, 5) is 4.09. The lowest BCUT2D eigenvalue weighted by Gasteiger charge is -2.28. The van der Waals surface area contributed by atoms with E-state index in [1.165, 1.54) is 5.56 Å². The van der Waals surface area contributed by atoms with Crippen LogP contribution in [0.15, 0.2) is 24.5 Å². The van der Waals surface area contributed by atoms with Gasteiger partial charge in [-0.05, 0) is 49.7 Å². The van der Waals surface area contributed by atoms with E-state index in [4.69, 9.17) is 0 Å². The average Bonchev–Trinajstić information content (AvgIpc) is 2.38. The first-order chi connectivity index (χ1) is 8.97. The van der Waals surface area contributed by atoms with Crippen LogP contribution in [-0.2, 0) is 5.41 Å². The van der Waals surface area contributed by atoms with Crippen molar-refractivity contribution in [1.82, 2.24) is 15.6 Å². The molecule has 1 heterocycles. The lowest BCUT2D eigenvalue weighted by molar-refractivity contribution is 0.337. The minimum Gasteiger partial charge on any atom is -0.319 e. The van der Waals surface area contributed by atoms with E-state index < -0.39 is 0 Å². The van der Waals surface area contributed by atoms with E-state index in [0.29, 0.717) is 11.8 Å². The largest absolute Gasteiger partial charge is 0.319 e. The van der Waals surface area contributed by atoms with E-state index in [9.17, 15) is 0 Å². The Morgan fingerprint density at radius 3 is 2.32 bits per heavy atom. The summed E-state index contributed by atoms with van der Waals surface area (Å²) in [5.41, 5.74) is 1.48. The van der Waals surface area contributed by atoms with Crippen molar-refractivity contribution in [2.24, 2.45) is 11.8 Å². The van der Waals surface area contributed by atoms with Crippen molar-refractivity contribution in [1.29, 1.82) is 0 Å². The van der Waals surface area contributed by atoms with Gasteiger partial charge in [0.05, 0.1) is 0 Å². The number of rotatable bonds is 8. The van der Waals surface area contributed by atoms with E-state index in [0.717, 1.165) is 19.6 Å². The summed E-state index contributed by atoms with van der Waals surface area (Å²) >= 11 is 0. The number of nitrogens with zero attached hydrogens (tertiary/aromatic N) is 1. The monoisotopic (exact) mass is 263 g/mol. The normalized spacial score (nSPS) is 13.8. The van der Waals surface area contributed by atoms with Crippen molar-refractivity contribution in [2.75, 3.05) is 26.7 Å². The summed E-state index contributed by atoms with van der Waals surface area (Å²) in [7, 11) is 2.02. The van der Waals surface area contributed by atoms with Gasteiger partial charge >= 0.3 is 0 Å². The second kappa shape index (κ2) is 7.61. The van der Waals surface area contributed by atoms with Crippen LogP contribution in [0.1, 0.15) is 33.3 Å². The molecule has 1 atom stereocenters. The number of hydrogen-bond acceptors (Lipinski definition) is 3. The fourth-order valence-electron chi connectivity index (χ4n) is 2.28. The first-order valence-corrected chi connectivity index (χ1v) is 7.23. The predicted molar refractivity (Wildman–Crippen MR) is 82.4 cm³/mol. The Balaban J connectivity index is 2.47. The fourth-order valence-corrected chi connectivity index (χ4v) is 2.28. The van der Waals surface area contributed by atoms with Crippen LogP contribution < -0.4 is 10.6 Å². The molecule has 0 radical (unpaired) electrons. The van der Waals surface area contributed by atoms with Crippen molar-refractivity contribution in [2.45, 2.75) is 33.1 Å². The molecule has 0 aliphatic heterocycles. The van der Waals surface area contributed by atoms with Crippen molar-refractivity contribution < 1.29 is 0 Å². The lowest BCUT2D eigenvalue weighted by atomic mass is 9.85. The number of aromatic nitrogens is 1. The van der Waals surface area contributed by atoms with Gasteiger partial charge in [-0.25, -0.2) is 0 Å². The van der Waals surface area contributed by atoms with Crippen LogP contribution in [0.2, 0.25) is 0 Å². The maximum absolute atomic E-state index is 4.09. The Hall–Kier alpha value is -0.930. The van der Waals surface area contributed by atoms with Gasteiger partial charge in [0, 0.05) is 24.4 Å². The van der Waals surface area contributed by atoms with Crippen molar-refractivity contribution in [3.8, 4) is 0 Å². The third-order valence-corrected chi connectivity index (χ3v) is 3.84. The summed E-state index contributed by atoms with van der Waals surface area (Å²) in [6.07, 6.45) is 3.74. The third kappa shape index (κ3) is 5.29. The molecule has 0 fully saturated rings. The lowest BCUT2D eigenvalue weighted by Crippen LogP contribution is -2.39. The Morgan fingerprint density at radius 2 is 1.79 bits per heavy atom. The highest BCUT2D eigenvalue weighted by Crippen LogP contribution is 2.21. The molecule has 0 saturated carbocycles. The molecule has 3 heteroatoms. The standard InChI is InChI=1S/C16H29N3/c1-13(2)14(10-17-5)11-19-12-16(3,4)15-6-8-18-9-7-15/h6-9,13-14,17,19H,10-12H2,1-5H3. The fraction of sp³-hybridized carbons (Fsp3) is 0.688. The topological polar surface area (TPSA) is 37.0 Å². The van der Waals surface area contributed by atoms with Gasteiger partial charge in [-0.2, -0.15) is 0 Å². The highest BCUT2D eigenvalue weighted by Gasteiger charge is 2.21. The average molecular weight is 263 g/mol. The van der Waals surface area contributed by atoms with Crippen LogP contribution in [-0.4, -0.2) is 31.7 Å². The van der Waals surface area contributed by atoms with Gasteiger partial charge in [0.1, 0.15) is 0 Å². The molecule has 3 nitrogen and oxygen atoms in total. The minimum absolute atomic E-state index is 0.143. The molecule has 0 aliphatic carbocycles. The van der Waals surface area contributed by atoms with Gasteiger partial charge < -0.3 is 10.6 Å². The molecule has 0 bridgehead atoms. The first-order valence-electron chi connectivity index (χ1n) is 7.23. The summed E-state index contributed by atoms with van der Waals surface area (Å²) < 4.78 is 0. The summed E-state index contributed by atoms with van der Waals surface area (Å²) in [6, 6.07) is 4.21. The van der Waals surface area contributed by atoms with E-state index in [-0.39, 0.29) is 5.41 Å². The van der Waals surface area contributed by atoms with Crippen LogP contribution >= 0.6 is 0 Å². The zero-order chi connectivity index (χ0) is 14.3. The van der Waals surface area contributed by atoms with Crippen LogP contribution in [0.25, 0.3) is 0 Å². The van der Waals surface area contributed by atoms with Crippen molar-refractivity contribution in [3.63, 3.8) is 0 Å². The van der Waals surface area contributed by atoms with Gasteiger partial charge in [-0.3, -0.25) is 4.98 Å². The van der Waals surface area contributed by atoms with Gasteiger partial charge in [0.15, 0.2) is 0 Å². The van der Waals surface area contributed by atoms with E-state index in [2.05, 4.69) is 55.4 Å². The highest BCUT2D eigenvalue weighted by atomic mass is 14.9. The van der Waals surface area contributed by atoms with Crippen LogP contribution in [0, 0.1) is 11.8 Å². The predicted octanol–water partition coefficient (Wildman–Crippen LogP) is 2.44. The molecule has 0 aliphatic rings. The molecule has 0 saturated heterocycles. The molecule has 1 aromatic rings. The molecule has 108 valence electrons. The second-order valence-corrected chi connectivity index (χ2v) is 6.31. The van der Waals surface area contributed by atoms with Crippen LogP contribution in [0.3, 0.4) is 0 Å². The van der Waals surface area contributed by atoms with Gasteiger partial charge in [0.2, 0.25) is 0 Å². The maximum atomic E-state index is 4.09. The van der Waals surface area contributed by atoms with Gasteiger partial charge in [-0.1, -0.05) is 27.7 Å². The van der Waals surface area contributed by atoms with Crippen molar-refractivity contribution >= 4 is 0 Å². The Kier molecular flexibility index (Phi) is 6.46. The van der Waals surface area contributed by atoms with Gasteiger partial charge in [-0.15, -0.1) is 0 Å². The molecule has 19 heavy (non-hydrogen) atoms. The highest BCUT2D eigenvalue weighted by molar-refractivity contribution is 5.20. The van der Waals surface area contributed by atoms with E-state index >= 15 is 0 Å².